The van der Waals surface area contributed by atoms with Gasteiger partial charge in [-0.05, 0) is 43.5 Å². The summed E-state index contributed by atoms with van der Waals surface area (Å²) in [5.41, 5.74) is 1.16. The van der Waals surface area contributed by atoms with Gasteiger partial charge in [-0.15, -0.1) is 0 Å². The molecule has 3 heterocycles. The van der Waals surface area contributed by atoms with Crippen LogP contribution in [0.2, 0.25) is 0 Å². The Morgan fingerprint density at radius 1 is 1.27 bits per heavy atom. The molecule has 5 heteroatoms. The molecule has 5 nitrogen and oxygen atoms in total. The molecule has 2 aliphatic heterocycles. The highest BCUT2D eigenvalue weighted by Gasteiger charge is 2.45. The lowest BCUT2D eigenvalue weighted by Crippen LogP contribution is -2.50. The second-order valence-electron chi connectivity index (χ2n) is 7.25. The number of likely N-dealkylation sites (tertiary alicyclic amines) is 1. The SMILES string of the molecule is Cc1cccnc1C(=O)N1CCC[C@@]2(C[C@@H](Oc3ccccc3)CO2)C1. The van der Waals surface area contributed by atoms with Crippen LogP contribution in [0.3, 0.4) is 0 Å². The lowest BCUT2D eigenvalue weighted by molar-refractivity contribution is -0.0454. The van der Waals surface area contributed by atoms with E-state index in [0.29, 0.717) is 18.8 Å². The Bertz CT molecular complexity index is 780. The molecule has 2 aliphatic rings. The fourth-order valence-electron chi connectivity index (χ4n) is 3.98. The zero-order valence-corrected chi connectivity index (χ0v) is 15.1. The minimum atomic E-state index is -0.296. The lowest BCUT2D eigenvalue weighted by Gasteiger charge is -2.39. The van der Waals surface area contributed by atoms with E-state index in [9.17, 15) is 4.79 Å². The van der Waals surface area contributed by atoms with Crippen LogP contribution in [-0.2, 0) is 4.74 Å². The maximum Gasteiger partial charge on any atom is 0.272 e. The second kappa shape index (κ2) is 7.08. The van der Waals surface area contributed by atoms with Gasteiger partial charge in [0.25, 0.3) is 5.91 Å². The van der Waals surface area contributed by atoms with E-state index < -0.39 is 0 Å². The number of amides is 1. The van der Waals surface area contributed by atoms with Crippen LogP contribution in [0.25, 0.3) is 0 Å². The summed E-state index contributed by atoms with van der Waals surface area (Å²) in [6.07, 6.45) is 4.43. The van der Waals surface area contributed by atoms with E-state index >= 15 is 0 Å². The Morgan fingerprint density at radius 2 is 2.12 bits per heavy atom. The Kier molecular flexibility index (Phi) is 4.64. The number of carbonyl (C=O) groups is 1. The molecule has 0 aliphatic carbocycles. The van der Waals surface area contributed by atoms with Gasteiger partial charge in [0.1, 0.15) is 17.5 Å². The minimum Gasteiger partial charge on any atom is -0.488 e. The van der Waals surface area contributed by atoms with Gasteiger partial charge in [-0.3, -0.25) is 9.78 Å². The third-order valence-corrected chi connectivity index (χ3v) is 5.26. The highest BCUT2D eigenvalue weighted by Crippen LogP contribution is 2.36. The van der Waals surface area contributed by atoms with Crippen molar-refractivity contribution >= 4 is 5.91 Å². The van der Waals surface area contributed by atoms with E-state index in [1.54, 1.807) is 6.20 Å². The number of hydrogen-bond donors (Lipinski definition) is 0. The minimum absolute atomic E-state index is 0.00166. The first kappa shape index (κ1) is 17.0. The van der Waals surface area contributed by atoms with Crippen LogP contribution in [0.15, 0.2) is 48.7 Å². The highest BCUT2D eigenvalue weighted by molar-refractivity contribution is 5.93. The molecule has 1 amide bonds. The predicted octanol–water partition coefficient (Wildman–Crippen LogP) is 3.23. The molecule has 2 aromatic rings. The zero-order valence-electron chi connectivity index (χ0n) is 15.1. The number of carbonyl (C=O) groups excluding carboxylic acids is 1. The standard InChI is InChI=1S/C21H24N2O3/c1-16-7-5-11-22-19(16)20(24)23-12-6-10-21(15-23)13-18(14-25-21)26-17-8-3-2-4-9-17/h2-5,7-9,11,18H,6,10,12-15H2,1H3/t18-,21-/m1/s1. The van der Waals surface area contributed by atoms with Crippen molar-refractivity contribution < 1.29 is 14.3 Å². The number of aromatic nitrogens is 1. The molecule has 136 valence electrons. The van der Waals surface area contributed by atoms with Crippen LogP contribution in [0.5, 0.6) is 5.75 Å². The normalized spacial score (nSPS) is 25.4. The van der Waals surface area contributed by atoms with Crippen molar-refractivity contribution in [2.24, 2.45) is 0 Å². The summed E-state index contributed by atoms with van der Waals surface area (Å²) in [4.78, 5) is 19.1. The van der Waals surface area contributed by atoms with Crippen molar-refractivity contribution in [3.8, 4) is 5.75 Å². The average molecular weight is 352 g/mol. The third-order valence-electron chi connectivity index (χ3n) is 5.26. The molecule has 2 fully saturated rings. The van der Waals surface area contributed by atoms with Gasteiger partial charge < -0.3 is 14.4 Å². The smallest absolute Gasteiger partial charge is 0.272 e. The fourth-order valence-corrected chi connectivity index (χ4v) is 3.98. The maximum absolute atomic E-state index is 12.9. The number of pyridine rings is 1. The molecule has 0 unspecified atom stereocenters. The van der Waals surface area contributed by atoms with E-state index in [1.165, 1.54) is 0 Å². The summed E-state index contributed by atoms with van der Waals surface area (Å²) in [6, 6.07) is 13.6. The molecule has 4 rings (SSSR count). The molecule has 26 heavy (non-hydrogen) atoms. The summed E-state index contributed by atoms with van der Waals surface area (Å²) in [5.74, 6) is 0.865. The summed E-state index contributed by atoms with van der Waals surface area (Å²) in [5, 5.41) is 0. The molecule has 0 bridgehead atoms. The van der Waals surface area contributed by atoms with Crippen molar-refractivity contribution in [2.45, 2.75) is 37.9 Å². The molecule has 0 radical (unpaired) electrons. The quantitative estimate of drug-likeness (QED) is 0.851. The molecule has 2 atom stereocenters. The van der Waals surface area contributed by atoms with Gasteiger partial charge in [-0.2, -0.15) is 0 Å². The van der Waals surface area contributed by atoms with Crippen LogP contribution in [0, 0.1) is 6.92 Å². The molecule has 1 aromatic heterocycles. The fraction of sp³-hybridized carbons (Fsp3) is 0.429. The van der Waals surface area contributed by atoms with Gasteiger partial charge in [0, 0.05) is 19.2 Å². The molecule has 2 saturated heterocycles. The van der Waals surface area contributed by atoms with Crippen molar-refractivity contribution in [3.63, 3.8) is 0 Å². The van der Waals surface area contributed by atoms with Gasteiger partial charge in [0.15, 0.2) is 0 Å². The summed E-state index contributed by atoms with van der Waals surface area (Å²) >= 11 is 0. The van der Waals surface area contributed by atoms with Crippen molar-refractivity contribution in [3.05, 3.63) is 59.9 Å². The van der Waals surface area contributed by atoms with Crippen molar-refractivity contribution in [1.82, 2.24) is 9.88 Å². The Balaban J connectivity index is 1.44. The number of rotatable bonds is 3. The first-order valence-corrected chi connectivity index (χ1v) is 9.22. The number of benzene rings is 1. The second-order valence-corrected chi connectivity index (χ2v) is 7.25. The van der Waals surface area contributed by atoms with E-state index in [-0.39, 0.29) is 17.6 Å². The van der Waals surface area contributed by atoms with Gasteiger partial charge in [0.2, 0.25) is 0 Å². The number of aryl methyl sites for hydroxylation is 1. The van der Waals surface area contributed by atoms with E-state index in [1.807, 2.05) is 54.3 Å². The maximum atomic E-state index is 12.9. The van der Waals surface area contributed by atoms with Gasteiger partial charge in [-0.25, -0.2) is 0 Å². The van der Waals surface area contributed by atoms with E-state index in [2.05, 4.69) is 4.98 Å². The van der Waals surface area contributed by atoms with Crippen LogP contribution in [0.4, 0.5) is 0 Å². The molecule has 1 spiro atoms. The number of piperidine rings is 1. The molecule has 0 N–H and O–H groups in total. The van der Waals surface area contributed by atoms with Gasteiger partial charge in [-0.1, -0.05) is 24.3 Å². The number of hydrogen-bond acceptors (Lipinski definition) is 4. The van der Waals surface area contributed by atoms with Crippen LogP contribution >= 0.6 is 0 Å². The third kappa shape index (κ3) is 3.44. The van der Waals surface area contributed by atoms with Crippen LogP contribution in [-0.4, -0.2) is 47.2 Å². The monoisotopic (exact) mass is 352 g/mol. The molecular formula is C21H24N2O3. The molecule has 1 aromatic carbocycles. The number of ether oxygens (including phenoxy) is 2. The Hall–Kier alpha value is -2.40. The zero-order chi connectivity index (χ0) is 18.0. The number of nitrogens with zero attached hydrogens (tertiary/aromatic N) is 2. The highest BCUT2D eigenvalue weighted by atomic mass is 16.6. The summed E-state index contributed by atoms with van der Waals surface area (Å²) in [6.45, 7) is 3.86. The lowest BCUT2D eigenvalue weighted by atomic mass is 9.89. The summed E-state index contributed by atoms with van der Waals surface area (Å²) < 4.78 is 12.2. The molecule has 0 saturated carbocycles. The first-order chi connectivity index (χ1) is 12.7. The van der Waals surface area contributed by atoms with Crippen molar-refractivity contribution in [1.29, 1.82) is 0 Å². The van der Waals surface area contributed by atoms with E-state index in [0.717, 1.165) is 37.1 Å². The average Bonchev–Trinajstić information content (AvgIpc) is 3.04. The molecular weight excluding hydrogens is 328 g/mol. The Labute approximate surface area is 153 Å². The first-order valence-electron chi connectivity index (χ1n) is 9.22. The van der Waals surface area contributed by atoms with Crippen LogP contribution < -0.4 is 4.74 Å². The number of para-hydroxylation sites is 1. The largest absolute Gasteiger partial charge is 0.488 e. The Morgan fingerprint density at radius 3 is 2.92 bits per heavy atom. The van der Waals surface area contributed by atoms with Crippen LogP contribution in [0.1, 0.15) is 35.3 Å². The topological polar surface area (TPSA) is 51.7 Å². The predicted molar refractivity (Wildman–Crippen MR) is 98.3 cm³/mol. The van der Waals surface area contributed by atoms with Gasteiger partial charge in [0.05, 0.1) is 18.8 Å². The van der Waals surface area contributed by atoms with Gasteiger partial charge >= 0.3 is 0 Å². The van der Waals surface area contributed by atoms with Crippen molar-refractivity contribution in [2.75, 3.05) is 19.7 Å². The summed E-state index contributed by atoms with van der Waals surface area (Å²) in [7, 11) is 0. The van der Waals surface area contributed by atoms with E-state index in [4.69, 9.17) is 9.47 Å².